The molecule has 3 heteroatoms. The van der Waals surface area contributed by atoms with Crippen molar-refractivity contribution >= 4 is 0 Å². The predicted molar refractivity (Wildman–Crippen MR) is 69.1 cm³/mol. The van der Waals surface area contributed by atoms with Crippen molar-refractivity contribution in [1.82, 2.24) is 0 Å². The van der Waals surface area contributed by atoms with Crippen LogP contribution in [-0.4, -0.2) is 25.8 Å². The summed E-state index contributed by atoms with van der Waals surface area (Å²) < 4.78 is 18.2. The minimum Gasteiger partial charge on any atom is -0.326 e. The van der Waals surface area contributed by atoms with Crippen LogP contribution in [0.3, 0.4) is 0 Å². The molecular weight excluding hydrogens is 228 g/mol. The average Bonchev–Trinajstić information content (AvgIpc) is 2.70. The molecule has 0 aromatic rings. The summed E-state index contributed by atoms with van der Waals surface area (Å²) in [7, 11) is 0. The highest BCUT2D eigenvalue weighted by molar-refractivity contribution is 4.92. The van der Waals surface area contributed by atoms with Gasteiger partial charge in [0.25, 0.3) is 5.97 Å². The normalized spacial score (nSPS) is 42.2. The molecule has 3 aliphatic heterocycles. The molecule has 2 bridgehead atoms. The lowest BCUT2D eigenvalue weighted by Crippen LogP contribution is -2.64. The van der Waals surface area contributed by atoms with Crippen LogP contribution in [0, 0.1) is 17.3 Å². The Bertz CT molecular complexity index is 268. The van der Waals surface area contributed by atoms with Crippen molar-refractivity contribution in [3.8, 4) is 0 Å². The van der Waals surface area contributed by atoms with Gasteiger partial charge >= 0.3 is 0 Å². The molecule has 4 rings (SSSR count). The number of ether oxygens (including phenoxy) is 3. The van der Waals surface area contributed by atoms with E-state index in [4.69, 9.17) is 14.2 Å². The van der Waals surface area contributed by atoms with E-state index in [0.29, 0.717) is 11.8 Å². The molecule has 1 saturated carbocycles. The van der Waals surface area contributed by atoms with Gasteiger partial charge in [0.2, 0.25) is 0 Å². The van der Waals surface area contributed by atoms with E-state index in [1.165, 1.54) is 38.5 Å². The van der Waals surface area contributed by atoms with Gasteiger partial charge in [0.1, 0.15) is 0 Å². The summed E-state index contributed by atoms with van der Waals surface area (Å²) in [6.45, 7) is 6.89. The minimum atomic E-state index is -0.693. The van der Waals surface area contributed by atoms with Crippen molar-refractivity contribution in [2.75, 3.05) is 19.8 Å². The maximum Gasteiger partial charge on any atom is 0.285 e. The van der Waals surface area contributed by atoms with Gasteiger partial charge in [0, 0.05) is 11.3 Å². The zero-order valence-electron chi connectivity index (χ0n) is 11.7. The van der Waals surface area contributed by atoms with E-state index in [1.54, 1.807) is 0 Å². The van der Waals surface area contributed by atoms with Crippen molar-refractivity contribution in [2.45, 2.75) is 58.3 Å². The lowest BCUT2D eigenvalue weighted by atomic mass is 9.77. The Morgan fingerprint density at radius 3 is 1.78 bits per heavy atom. The van der Waals surface area contributed by atoms with Gasteiger partial charge in [0.15, 0.2) is 0 Å². The highest BCUT2D eigenvalue weighted by atomic mass is 16.9. The second-order valence-corrected chi connectivity index (χ2v) is 6.68. The largest absolute Gasteiger partial charge is 0.326 e. The molecule has 3 saturated heterocycles. The summed E-state index contributed by atoms with van der Waals surface area (Å²) in [6.07, 6.45) is 7.66. The van der Waals surface area contributed by atoms with E-state index in [9.17, 15) is 0 Å². The molecule has 3 heterocycles. The number of hydrogen-bond acceptors (Lipinski definition) is 3. The lowest BCUT2D eigenvalue weighted by Gasteiger charge is -2.55. The van der Waals surface area contributed by atoms with Crippen molar-refractivity contribution in [3.63, 3.8) is 0 Å². The molecule has 0 aromatic carbocycles. The Hall–Kier alpha value is -0.120. The number of rotatable bonds is 2. The van der Waals surface area contributed by atoms with Gasteiger partial charge in [0.05, 0.1) is 19.8 Å². The molecule has 0 amide bonds. The Morgan fingerprint density at radius 1 is 0.833 bits per heavy atom. The SMILES string of the molecule is CC(C)C12COC(C3CCCCCC3)(OC1)OC2. The van der Waals surface area contributed by atoms with Crippen molar-refractivity contribution < 1.29 is 14.2 Å². The smallest absolute Gasteiger partial charge is 0.285 e. The molecule has 0 spiro atoms. The predicted octanol–water partition coefficient (Wildman–Crippen LogP) is 3.33. The first-order valence-corrected chi connectivity index (χ1v) is 7.59. The van der Waals surface area contributed by atoms with E-state index in [0.717, 1.165) is 19.8 Å². The first-order chi connectivity index (χ1) is 8.67. The van der Waals surface area contributed by atoms with Crippen LogP contribution in [-0.2, 0) is 14.2 Å². The van der Waals surface area contributed by atoms with E-state index in [-0.39, 0.29) is 5.41 Å². The van der Waals surface area contributed by atoms with Crippen LogP contribution in [0.4, 0.5) is 0 Å². The van der Waals surface area contributed by atoms with Gasteiger partial charge < -0.3 is 14.2 Å². The van der Waals surface area contributed by atoms with Crippen molar-refractivity contribution in [2.24, 2.45) is 17.3 Å². The average molecular weight is 254 g/mol. The molecule has 104 valence electrons. The van der Waals surface area contributed by atoms with Gasteiger partial charge in [-0.15, -0.1) is 0 Å². The molecule has 18 heavy (non-hydrogen) atoms. The third-order valence-corrected chi connectivity index (χ3v) is 5.26. The molecule has 4 fully saturated rings. The fourth-order valence-electron chi connectivity index (χ4n) is 3.47. The van der Waals surface area contributed by atoms with Crippen LogP contribution in [0.15, 0.2) is 0 Å². The minimum absolute atomic E-state index is 0.0898. The molecule has 0 radical (unpaired) electrons. The van der Waals surface area contributed by atoms with Crippen LogP contribution in [0.1, 0.15) is 52.4 Å². The maximum atomic E-state index is 6.08. The van der Waals surface area contributed by atoms with E-state index >= 15 is 0 Å². The zero-order valence-corrected chi connectivity index (χ0v) is 11.7. The molecule has 1 aliphatic carbocycles. The van der Waals surface area contributed by atoms with Gasteiger partial charge in [-0.05, 0) is 18.8 Å². The van der Waals surface area contributed by atoms with Gasteiger partial charge in [-0.3, -0.25) is 0 Å². The van der Waals surface area contributed by atoms with Crippen LogP contribution >= 0.6 is 0 Å². The molecule has 0 aromatic heterocycles. The lowest BCUT2D eigenvalue weighted by molar-refractivity contribution is -0.491. The summed E-state index contributed by atoms with van der Waals surface area (Å²) >= 11 is 0. The Labute approximate surface area is 110 Å². The topological polar surface area (TPSA) is 27.7 Å². The van der Waals surface area contributed by atoms with E-state index in [1.807, 2.05) is 0 Å². The second kappa shape index (κ2) is 4.77. The monoisotopic (exact) mass is 254 g/mol. The van der Waals surface area contributed by atoms with Crippen molar-refractivity contribution in [3.05, 3.63) is 0 Å². The third kappa shape index (κ3) is 2.00. The van der Waals surface area contributed by atoms with Gasteiger partial charge in [-0.2, -0.15) is 0 Å². The standard InChI is InChI=1S/C15H26O3/c1-12(2)14-9-16-15(17-10-14,18-11-14)13-7-5-3-4-6-8-13/h12-13H,3-11H2,1-2H3. The highest BCUT2D eigenvalue weighted by Crippen LogP contribution is 2.48. The fourth-order valence-corrected chi connectivity index (χ4v) is 3.47. The zero-order chi connectivity index (χ0) is 12.6. The van der Waals surface area contributed by atoms with Crippen LogP contribution in [0.2, 0.25) is 0 Å². The van der Waals surface area contributed by atoms with Gasteiger partial charge in [-0.1, -0.05) is 39.5 Å². The summed E-state index contributed by atoms with van der Waals surface area (Å²) in [5.74, 6) is 0.288. The van der Waals surface area contributed by atoms with Gasteiger partial charge in [-0.25, -0.2) is 0 Å². The molecule has 0 atom stereocenters. The van der Waals surface area contributed by atoms with Crippen molar-refractivity contribution in [1.29, 1.82) is 0 Å². The van der Waals surface area contributed by atoms with Crippen LogP contribution in [0.25, 0.3) is 0 Å². The van der Waals surface area contributed by atoms with E-state index in [2.05, 4.69) is 13.8 Å². The molecule has 0 unspecified atom stereocenters. The first-order valence-electron chi connectivity index (χ1n) is 7.59. The highest BCUT2D eigenvalue weighted by Gasteiger charge is 2.56. The molecule has 0 N–H and O–H groups in total. The Morgan fingerprint density at radius 2 is 1.33 bits per heavy atom. The van der Waals surface area contributed by atoms with Crippen LogP contribution < -0.4 is 0 Å². The second-order valence-electron chi connectivity index (χ2n) is 6.68. The quantitative estimate of drug-likeness (QED) is 0.707. The van der Waals surface area contributed by atoms with E-state index < -0.39 is 5.97 Å². The Balaban J connectivity index is 1.71. The first kappa shape index (κ1) is 12.9. The molecular formula is C15H26O3. The molecule has 3 nitrogen and oxygen atoms in total. The maximum absolute atomic E-state index is 6.08. The summed E-state index contributed by atoms with van der Waals surface area (Å²) in [5, 5.41) is 0. The Kier molecular flexibility index (Phi) is 3.41. The summed E-state index contributed by atoms with van der Waals surface area (Å²) in [4.78, 5) is 0. The fraction of sp³-hybridized carbons (Fsp3) is 1.00. The summed E-state index contributed by atoms with van der Waals surface area (Å²) in [6, 6.07) is 0. The molecule has 4 aliphatic rings. The number of fused-ring (bicyclic) bond motifs is 3. The summed E-state index contributed by atoms with van der Waals surface area (Å²) in [5.41, 5.74) is 0.0898. The third-order valence-electron chi connectivity index (χ3n) is 5.26. The van der Waals surface area contributed by atoms with Crippen LogP contribution in [0.5, 0.6) is 0 Å². The number of hydrogen-bond donors (Lipinski definition) is 0.